The zero-order valence-corrected chi connectivity index (χ0v) is 11.6. The highest BCUT2D eigenvalue weighted by molar-refractivity contribution is 6.33. The molecule has 0 aromatic heterocycles. The summed E-state index contributed by atoms with van der Waals surface area (Å²) in [5.74, 6) is 0. The van der Waals surface area contributed by atoms with E-state index in [0.717, 1.165) is 49.9 Å². The van der Waals surface area contributed by atoms with E-state index in [1.54, 1.807) is 0 Å². The minimum absolute atomic E-state index is 0.659. The van der Waals surface area contributed by atoms with Gasteiger partial charge in [0.15, 0.2) is 0 Å². The fraction of sp³-hybridized carbons (Fsp3) is 0.571. The van der Waals surface area contributed by atoms with Crippen LogP contribution in [0.25, 0.3) is 0 Å². The molecule has 18 heavy (non-hydrogen) atoms. The molecule has 0 bridgehead atoms. The predicted molar refractivity (Wildman–Crippen MR) is 76.4 cm³/mol. The van der Waals surface area contributed by atoms with Gasteiger partial charge in [-0.05, 0) is 32.0 Å². The standard InChI is InChI=1S/C14H21ClN2O/c1-17(12-6-10-18-11-7-12)9-8-16-14-5-3-2-4-13(14)15/h2-5,12,16H,6-11H2,1H3. The van der Waals surface area contributed by atoms with Crippen molar-refractivity contribution in [1.82, 2.24) is 4.90 Å². The van der Waals surface area contributed by atoms with E-state index in [1.165, 1.54) is 0 Å². The van der Waals surface area contributed by atoms with Crippen LogP contribution in [0.5, 0.6) is 0 Å². The Kier molecular flexibility index (Phi) is 5.29. The molecule has 2 rings (SSSR count). The first-order chi connectivity index (χ1) is 8.77. The molecule has 1 aromatic rings. The molecule has 4 heteroatoms. The number of anilines is 1. The van der Waals surface area contributed by atoms with Crippen molar-refractivity contribution in [1.29, 1.82) is 0 Å². The van der Waals surface area contributed by atoms with Crippen LogP contribution in [0.2, 0.25) is 5.02 Å². The molecule has 1 aliphatic rings. The minimum Gasteiger partial charge on any atom is -0.383 e. The monoisotopic (exact) mass is 268 g/mol. The number of hydrogen-bond donors (Lipinski definition) is 1. The van der Waals surface area contributed by atoms with Gasteiger partial charge in [-0.25, -0.2) is 0 Å². The van der Waals surface area contributed by atoms with Crippen molar-refractivity contribution in [2.75, 3.05) is 38.7 Å². The third-order valence-electron chi connectivity index (χ3n) is 3.47. The van der Waals surface area contributed by atoms with Crippen molar-refractivity contribution in [2.45, 2.75) is 18.9 Å². The second-order valence-electron chi connectivity index (χ2n) is 4.73. The Labute approximate surface area is 114 Å². The second-order valence-corrected chi connectivity index (χ2v) is 5.14. The summed E-state index contributed by atoms with van der Waals surface area (Å²) in [5, 5.41) is 4.16. The lowest BCUT2D eigenvalue weighted by atomic mass is 10.1. The highest BCUT2D eigenvalue weighted by Crippen LogP contribution is 2.20. The summed E-state index contributed by atoms with van der Waals surface area (Å²) >= 11 is 6.10. The lowest BCUT2D eigenvalue weighted by Gasteiger charge is -2.31. The van der Waals surface area contributed by atoms with Gasteiger partial charge in [0.25, 0.3) is 0 Å². The molecule has 1 aromatic carbocycles. The Bertz CT molecular complexity index is 367. The van der Waals surface area contributed by atoms with Gasteiger partial charge in [0, 0.05) is 32.3 Å². The largest absolute Gasteiger partial charge is 0.383 e. The number of likely N-dealkylation sites (N-methyl/N-ethyl adjacent to an activating group) is 1. The summed E-state index contributed by atoms with van der Waals surface area (Å²) < 4.78 is 5.38. The van der Waals surface area contributed by atoms with E-state index in [4.69, 9.17) is 16.3 Å². The van der Waals surface area contributed by atoms with Crippen LogP contribution in [0, 0.1) is 0 Å². The number of rotatable bonds is 5. The normalized spacial score (nSPS) is 17.1. The Balaban J connectivity index is 1.73. The first-order valence-electron chi connectivity index (χ1n) is 6.54. The molecule has 1 saturated heterocycles. The third-order valence-corrected chi connectivity index (χ3v) is 3.80. The number of benzene rings is 1. The smallest absolute Gasteiger partial charge is 0.0637 e. The van der Waals surface area contributed by atoms with Crippen molar-refractivity contribution < 1.29 is 4.74 Å². The van der Waals surface area contributed by atoms with Crippen molar-refractivity contribution in [2.24, 2.45) is 0 Å². The molecule has 0 unspecified atom stereocenters. The van der Waals surface area contributed by atoms with Gasteiger partial charge in [-0.3, -0.25) is 0 Å². The Morgan fingerprint density at radius 3 is 2.78 bits per heavy atom. The molecule has 1 heterocycles. The molecular weight excluding hydrogens is 248 g/mol. The summed E-state index contributed by atoms with van der Waals surface area (Å²) in [6, 6.07) is 8.52. The van der Waals surface area contributed by atoms with Crippen molar-refractivity contribution >= 4 is 17.3 Å². The highest BCUT2D eigenvalue weighted by atomic mass is 35.5. The van der Waals surface area contributed by atoms with E-state index < -0.39 is 0 Å². The number of hydrogen-bond acceptors (Lipinski definition) is 3. The van der Waals surface area contributed by atoms with Gasteiger partial charge in [0.05, 0.1) is 10.7 Å². The first kappa shape index (κ1) is 13.7. The van der Waals surface area contributed by atoms with Crippen LogP contribution in [-0.4, -0.2) is 44.3 Å². The van der Waals surface area contributed by atoms with Crippen LogP contribution in [0.15, 0.2) is 24.3 Å². The highest BCUT2D eigenvalue weighted by Gasteiger charge is 2.17. The minimum atomic E-state index is 0.659. The van der Waals surface area contributed by atoms with Crippen LogP contribution < -0.4 is 5.32 Å². The maximum Gasteiger partial charge on any atom is 0.0637 e. The molecular formula is C14H21ClN2O. The SMILES string of the molecule is CN(CCNc1ccccc1Cl)C1CCOCC1. The van der Waals surface area contributed by atoms with E-state index in [9.17, 15) is 0 Å². The Morgan fingerprint density at radius 2 is 2.06 bits per heavy atom. The van der Waals surface area contributed by atoms with Gasteiger partial charge in [-0.1, -0.05) is 23.7 Å². The van der Waals surface area contributed by atoms with E-state index in [1.807, 2.05) is 24.3 Å². The zero-order valence-electron chi connectivity index (χ0n) is 10.9. The van der Waals surface area contributed by atoms with Gasteiger partial charge in [-0.2, -0.15) is 0 Å². The van der Waals surface area contributed by atoms with Crippen molar-refractivity contribution in [3.05, 3.63) is 29.3 Å². The zero-order chi connectivity index (χ0) is 12.8. The van der Waals surface area contributed by atoms with Crippen LogP contribution in [0.3, 0.4) is 0 Å². The molecule has 1 aliphatic heterocycles. The third kappa shape index (κ3) is 3.87. The topological polar surface area (TPSA) is 24.5 Å². The Morgan fingerprint density at radius 1 is 1.33 bits per heavy atom. The molecule has 3 nitrogen and oxygen atoms in total. The van der Waals surface area contributed by atoms with E-state index in [-0.39, 0.29) is 0 Å². The van der Waals surface area contributed by atoms with Gasteiger partial charge in [0.2, 0.25) is 0 Å². The van der Waals surface area contributed by atoms with Gasteiger partial charge < -0.3 is 15.0 Å². The fourth-order valence-corrected chi connectivity index (χ4v) is 2.48. The molecule has 1 N–H and O–H groups in total. The lowest BCUT2D eigenvalue weighted by Crippen LogP contribution is -2.39. The second kappa shape index (κ2) is 6.98. The van der Waals surface area contributed by atoms with Crippen molar-refractivity contribution in [3.63, 3.8) is 0 Å². The van der Waals surface area contributed by atoms with Crippen LogP contribution in [-0.2, 0) is 4.74 Å². The summed E-state index contributed by atoms with van der Waals surface area (Å²) in [4.78, 5) is 2.41. The summed E-state index contributed by atoms with van der Waals surface area (Å²) in [6.07, 6.45) is 2.28. The number of nitrogens with zero attached hydrogens (tertiary/aromatic N) is 1. The molecule has 0 aliphatic carbocycles. The lowest BCUT2D eigenvalue weighted by molar-refractivity contribution is 0.0443. The number of ether oxygens (including phenoxy) is 1. The van der Waals surface area contributed by atoms with Crippen LogP contribution >= 0.6 is 11.6 Å². The average molecular weight is 269 g/mol. The average Bonchev–Trinajstić information content (AvgIpc) is 2.42. The summed E-state index contributed by atoms with van der Waals surface area (Å²) in [5.41, 5.74) is 1.01. The maximum atomic E-state index is 6.10. The number of nitrogens with one attached hydrogen (secondary N) is 1. The molecule has 0 amide bonds. The molecule has 100 valence electrons. The maximum absolute atomic E-state index is 6.10. The van der Waals surface area contributed by atoms with Crippen LogP contribution in [0.1, 0.15) is 12.8 Å². The van der Waals surface area contributed by atoms with Crippen LogP contribution in [0.4, 0.5) is 5.69 Å². The molecule has 1 fully saturated rings. The number of para-hydroxylation sites is 1. The molecule has 0 spiro atoms. The van der Waals surface area contributed by atoms with E-state index in [2.05, 4.69) is 17.3 Å². The van der Waals surface area contributed by atoms with E-state index >= 15 is 0 Å². The predicted octanol–water partition coefficient (Wildman–Crippen LogP) is 2.86. The molecule has 0 atom stereocenters. The van der Waals surface area contributed by atoms with Crippen molar-refractivity contribution in [3.8, 4) is 0 Å². The first-order valence-corrected chi connectivity index (χ1v) is 6.91. The summed E-state index contributed by atoms with van der Waals surface area (Å²) in [6.45, 7) is 3.73. The van der Waals surface area contributed by atoms with Gasteiger partial charge in [-0.15, -0.1) is 0 Å². The Hall–Kier alpha value is -0.770. The quantitative estimate of drug-likeness (QED) is 0.889. The van der Waals surface area contributed by atoms with E-state index in [0.29, 0.717) is 6.04 Å². The fourth-order valence-electron chi connectivity index (χ4n) is 2.28. The summed E-state index contributed by atoms with van der Waals surface area (Å²) in [7, 11) is 2.18. The molecule has 0 saturated carbocycles. The van der Waals surface area contributed by atoms with Gasteiger partial charge in [0.1, 0.15) is 0 Å². The molecule has 0 radical (unpaired) electrons. The van der Waals surface area contributed by atoms with Gasteiger partial charge >= 0.3 is 0 Å². The number of halogens is 1.